The molecule has 0 radical (unpaired) electrons. The standard InChI is InChI=1S/C26H47N/c1-19(9-8-18-27(4)5)22-13-14-23-21-12-11-20-10-6-7-16-25(20,2)24(21)15-17-26(22,23)3/h19-24H,6-18H2,1-5H3. The molecule has 0 aliphatic heterocycles. The average molecular weight is 374 g/mol. The zero-order chi connectivity index (χ0) is 19.2. The molecular weight excluding hydrogens is 326 g/mol. The summed E-state index contributed by atoms with van der Waals surface area (Å²) in [5.41, 5.74) is 1.37. The molecule has 4 saturated carbocycles. The van der Waals surface area contributed by atoms with Gasteiger partial charge in [0.15, 0.2) is 0 Å². The number of rotatable bonds is 5. The average Bonchev–Trinajstić information content (AvgIpc) is 2.98. The lowest BCUT2D eigenvalue weighted by molar-refractivity contribution is -0.114. The maximum atomic E-state index is 2.74. The van der Waals surface area contributed by atoms with Gasteiger partial charge >= 0.3 is 0 Å². The van der Waals surface area contributed by atoms with Gasteiger partial charge in [-0.1, -0.05) is 33.6 Å². The quantitative estimate of drug-likeness (QED) is 0.501. The van der Waals surface area contributed by atoms with Crippen molar-refractivity contribution in [2.75, 3.05) is 20.6 Å². The molecule has 4 fully saturated rings. The molecule has 27 heavy (non-hydrogen) atoms. The molecule has 1 heteroatoms. The second-order valence-corrected chi connectivity index (χ2v) is 12.1. The molecule has 0 aromatic heterocycles. The molecule has 4 aliphatic carbocycles. The van der Waals surface area contributed by atoms with Crippen LogP contribution < -0.4 is 0 Å². The monoisotopic (exact) mass is 373 g/mol. The van der Waals surface area contributed by atoms with Gasteiger partial charge in [-0.3, -0.25) is 0 Å². The van der Waals surface area contributed by atoms with E-state index in [1.165, 1.54) is 38.6 Å². The van der Waals surface area contributed by atoms with E-state index in [2.05, 4.69) is 39.8 Å². The van der Waals surface area contributed by atoms with Crippen LogP contribution >= 0.6 is 0 Å². The maximum Gasteiger partial charge on any atom is -0.00247 e. The van der Waals surface area contributed by atoms with Crippen LogP contribution in [0.2, 0.25) is 0 Å². The highest BCUT2D eigenvalue weighted by Crippen LogP contribution is 2.68. The summed E-state index contributed by atoms with van der Waals surface area (Å²) in [5, 5.41) is 0. The molecule has 0 N–H and O–H groups in total. The molecule has 0 amide bonds. The Morgan fingerprint density at radius 2 is 1.63 bits per heavy atom. The Morgan fingerprint density at radius 3 is 2.41 bits per heavy atom. The Kier molecular flexibility index (Phi) is 5.74. The van der Waals surface area contributed by atoms with Crippen LogP contribution in [0.25, 0.3) is 0 Å². The topological polar surface area (TPSA) is 3.24 Å². The molecule has 0 spiro atoms. The van der Waals surface area contributed by atoms with E-state index in [0.29, 0.717) is 10.8 Å². The predicted octanol–water partition coefficient (Wildman–Crippen LogP) is 7.01. The third kappa shape index (κ3) is 3.43. The van der Waals surface area contributed by atoms with Crippen LogP contribution in [0.4, 0.5) is 0 Å². The third-order valence-corrected chi connectivity index (χ3v) is 10.6. The molecule has 0 bridgehead atoms. The highest BCUT2D eigenvalue weighted by Gasteiger charge is 2.59. The Hall–Kier alpha value is -0.0400. The molecule has 0 aromatic carbocycles. The van der Waals surface area contributed by atoms with Crippen molar-refractivity contribution in [3.8, 4) is 0 Å². The number of hydrogen-bond acceptors (Lipinski definition) is 1. The van der Waals surface area contributed by atoms with Crippen molar-refractivity contribution in [1.29, 1.82) is 0 Å². The van der Waals surface area contributed by atoms with Crippen molar-refractivity contribution in [3.63, 3.8) is 0 Å². The second kappa shape index (κ2) is 7.66. The highest BCUT2D eigenvalue weighted by molar-refractivity contribution is 5.09. The first kappa shape index (κ1) is 20.2. The van der Waals surface area contributed by atoms with E-state index in [1.807, 2.05) is 0 Å². The van der Waals surface area contributed by atoms with Crippen LogP contribution in [0.15, 0.2) is 0 Å². The van der Waals surface area contributed by atoms with Gasteiger partial charge in [0.05, 0.1) is 0 Å². The Bertz CT molecular complexity index is 512. The van der Waals surface area contributed by atoms with Crippen molar-refractivity contribution in [3.05, 3.63) is 0 Å². The van der Waals surface area contributed by atoms with E-state index in [1.54, 1.807) is 44.9 Å². The first-order valence-electron chi connectivity index (χ1n) is 12.5. The molecule has 0 aromatic rings. The summed E-state index contributed by atoms with van der Waals surface area (Å²) >= 11 is 0. The first-order chi connectivity index (χ1) is 12.9. The summed E-state index contributed by atoms with van der Waals surface area (Å²) in [6.45, 7) is 9.33. The van der Waals surface area contributed by atoms with Crippen LogP contribution in [0.3, 0.4) is 0 Å². The van der Waals surface area contributed by atoms with Crippen LogP contribution in [0, 0.1) is 46.3 Å². The highest BCUT2D eigenvalue weighted by atomic mass is 15.0. The number of nitrogens with zero attached hydrogens (tertiary/aromatic N) is 1. The largest absolute Gasteiger partial charge is 0.309 e. The van der Waals surface area contributed by atoms with Crippen molar-refractivity contribution >= 4 is 0 Å². The minimum absolute atomic E-state index is 0.663. The lowest BCUT2D eigenvalue weighted by atomic mass is 9.44. The fraction of sp³-hybridized carbons (Fsp3) is 1.00. The van der Waals surface area contributed by atoms with Gasteiger partial charge in [0.25, 0.3) is 0 Å². The van der Waals surface area contributed by atoms with Crippen molar-refractivity contribution in [2.24, 2.45) is 46.3 Å². The molecule has 0 saturated heterocycles. The van der Waals surface area contributed by atoms with Gasteiger partial charge in [0, 0.05) is 0 Å². The van der Waals surface area contributed by atoms with Crippen molar-refractivity contribution in [1.82, 2.24) is 4.90 Å². The molecule has 8 unspecified atom stereocenters. The molecular formula is C26H47N. The summed E-state index contributed by atoms with van der Waals surface area (Å²) in [5.74, 6) is 6.19. The van der Waals surface area contributed by atoms with E-state index in [9.17, 15) is 0 Å². The summed E-state index contributed by atoms with van der Waals surface area (Å²) in [6, 6.07) is 0. The van der Waals surface area contributed by atoms with Gasteiger partial charge in [0.1, 0.15) is 0 Å². The summed E-state index contributed by atoms with van der Waals surface area (Å²) < 4.78 is 0. The lowest BCUT2D eigenvalue weighted by Gasteiger charge is -2.61. The van der Waals surface area contributed by atoms with Crippen LogP contribution in [0.1, 0.15) is 97.8 Å². The lowest BCUT2D eigenvalue weighted by Crippen LogP contribution is -2.53. The van der Waals surface area contributed by atoms with Gasteiger partial charge in [-0.15, -0.1) is 0 Å². The van der Waals surface area contributed by atoms with E-state index in [-0.39, 0.29) is 0 Å². The zero-order valence-electron chi connectivity index (χ0n) is 19.1. The van der Waals surface area contributed by atoms with E-state index in [4.69, 9.17) is 0 Å². The minimum Gasteiger partial charge on any atom is -0.309 e. The molecule has 4 rings (SSSR count). The minimum atomic E-state index is 0.663. The normalized spacial score (nSPS) is 48.0. The molecule has 0 heterocycles. The van der Waals surface area contributed by atoms with E-state index in [0.717, 1.165) is 35.5 Å². The predicted molar refractivity (Wildman–Crippen MR) is 117 cm³/mol. The van der Waals surface area contributed by atoms with Gasteiger partial charge < -0.3 is 4.90 Å². The summed E-state index contributed by atoms with van der Waals surface area (Å²) in [4.78, 5) is 2.36. The SMILES string of the molecule is CC(CCCN(C)C)C1CCC2C3CCC4CCCCC4(C)C3CCC12C. The van der Waals surface area contributed by atoms with Crippen molar-refractivity contribution < 1.29 is 0 Å². The van der Waals surface area contributed by atoms with Gasteiger partial charge in [-0.25, -0.2) is 0 Å². The Morgan fingerprint density at radius 1 is 0.852 bits per heavy atom. The fourth-order valence-corrected chi connectivity index (χ4v) is 9.20. The Labute approximate surface area is 170 Å². The maximum absolute atomic E-state index is 2.74. The molecule has 8 atom stereocenters. The zero-order valence-corrected chi connectivity index (χ0v) is 19.1. The summed E-state index contributed by atoms with van der Waals surface area (Å²) in [7, 11) is 4.45. The molecule has 4 aliphatic rings. The first-order valence-corrected chi connectivity index (χ1v) is 12.5. The van der Waals surface area contributed by atoms with Crippen molar-refractivity contribution in [2.45, 2.75) is 97.8 Å². The fourth-order valence-electron chi connectivity index (χ4n) is 9.20. The number of hydrogen-bond donors (Lipinski definition) is 0. The second-order valence-electron chi connectivity index (χ2n) is 12.1. The third-order valence-electron chi connectivity index (χ3n) is 10.6. The van der Waals surface area contributed by atoms with Gasteiger partial charge in [0.2, 0.25) is 0 Å². The van der Waals surface area contributed by atoms with Crippen LogP contribution in [-0.2, 0) is 0 Å². The van der Waals surface area contributed by atoms with Gasteiger partial charge in [-0.05, 0) is 131 Å². The van der Waals surface area contributed by atoms with E-state index < -0.39 is 0 Å². The van der Waals surface area contributed by atoms with E-state index >= 15 is 0 Å². The molecule has 156 valence electrons. The van der Waals surface area contributed by atoms with Crippen LogP contribution in [-0.4, -0.2) is 25.5 Å². The van der Waals surface area contributed by atoms with Crippen LogP contribution in [0.5, 0.6) is 0 Å². The van der Waals surface area contributed by atoms with Gasteiger partial charge in [-0.2, -0.15) is 0 Å². The molecule has 1 nitrogen and oxygen atoms in total. The Balaban J connectivity index is 1.46. The number of fused-ring (bicyclic) bond motifs is 5. The smallest absolute Gasteiger partial charge is 0.00247 e. The summed E-state index contributed by atoms with van der Waals surface area (Å²) in [6.07, 6.45) is 18.3.